The summed E-state index contributed by atoms with van der Waals surface area (Å²) in [5, 5.41) is 4.13. The van der Waals surface area contributed by atoms with Gasteiger partial charge in [0, 0.05) is 5.39 Å². The normalized spacial score (nSPS) is 11.2. The number of fused-ring (bicyclic) bond motifs is 1. The molecule has 0 saturated heterocycles. The lowest BCUT2D eigenvalue weighted by Gasteiger charge is -2.00. The van der Waals surface area contributed by atoms with Gasteiger partial charge in [0.1, 0.15) is 0 Å². The number of rotatable bonds is 4. The van der Waals surface area contributed by atoms with Crippen LogP contribution < -0.4 is 5.32 Å². The monoisotopic (exact) mass is 221 g/mol. The fourth-order valence-electron chi connectivity index (χ4n) is 1.81. The maximum absolute atomic E-state index is 13.7. The van der Waals surface area contributed by atoms with Crippen molar-refractivity contribution in [3.63, 3.8) is 0 Å². The van der Waals surface area contributed by atoms with Gasteiger partial charge in [-0.2, -0.15) is 0 Å². The van der Waals surface area contributed by atoms with Crippen molar-refractivity contribution in [2.45, 2.75) is 20.3 Å². The Kier molecular flexibility index (Phi) is 3.25. The van der Waals surface area contributed by atoms with Crippen LogP contribution in [0.25, 0.3) is 11.0 Å². The maximum Gasteiger partial charge on any atom is 0.170 e. The van der Waals surface area contributed by atoms with Crippen molar-refractivity contribution in [1.29, 1.82) is 0 Å². The smallest absolute Gasteiger partial charge is 0.170 e. The number of nitrogens with one attached hydrogen (secondary N) is 1. The summed E-state index contributed by atoms with van der Waals surface area (Å²) < 4.78 is 19.0. The zero-order chi connectivity index (χ0) is 11.5. The molecule has 2 nitrogen and oxygen atoms in total. The molecule has 1 N–H and O–H groups in total. The lowest BCUT2D eigenvalue weighted by atomic mass is 10.1. The molecule has 0 aliphatic heterocycles. The molecule has 1 aromatic carbocycles. The van der Waals surface area contributed by atoms with Gasteiger partial charge in [0.15, 0.2) is 11.4 Å². The average molecular weight is 221 g/mol. The molecule has 2 aromatic rings. The van der Waals surface area contributed by atoms with Crippen molar-refractivity contribution in [3.8, 4) is 0 Å². The van der Waals surface area contributed by atoms with Gasteiger partial charge in [0.05, 0.1) is 6.26 Å². The second kappa shape index (κ2) is 4.66. The topological polar surface area (TPSA) is 25.2 Å². The second-order valence-corrected chi connectivity index (χ2v) is 3.94. The van der Waals surface area contributed by atoms with E-state index in [1.54, 1.807) is 19.3 Å². The first-order valence-corrected chi connectivity index (χ1v) is 5.60. The number of hydrogen-bond acceptors (Lipinski definition) is 2. The molecular weight excluding hydrogens is 205 g/mol. The molecule has 0 radical (unpaired) electrons. The third-order valence-electron chi connectivity index (χ3n) is 2.78. The van der Waals surface area contributed by atoms with Gasteiger partial charge in [-0.3, -0.25) is 0 Å². The molecule has 16 heavy (non-hydrogen) atoms. The minimum absolute atomic E-state index is 0.243. The summed E-state index contributed by atoms with van der Waals surface area (Å²) >= 11 is 0. The van der Waals surface area contributed by atoms with Gasteiger partial charge in [-0.25, -0.2) is 4.39 Å². The number of hydrogen-bond donors (Lipinski definition) is 1. The van der Waals surface area contributed by atoms with Crippen LogP contribution in [-0.4, -0.2) is 13.1 Å². The fourth-order valence-corrected chi connectivity index (χ4v) is 1.81. The number of halogens is 1. The third-order valence-corrected chi connectivity index (χ3v) is 2.78. The SMILES string of the molecule is CCNCCc1coc2c(F)c(C)ccc12. The Morgan fingerprint density at radius 2 is 2.19 bits per heavy atom. The second-order valence-electron chi connectivity index (χ2n) is 3.94. The fraction of sp³-hybridized carbons (Fsp3) is 0.385. The van der Waals surface area contributed by atoms with Gasteiger partial charge in [-0.05, 0) is 37.6 Å². The Morgan fingerprint density at radius 3 is 2.94 bits per heavy atom. The van der Waals surface area contributed by atoms with Crippen LogP contribution in [0.3, 0.4) is 0 Å². The van der Waals surface area contributed by atoms with Crippen LogP contribution in [0.1, 0.15) is 18.1 Å². The Bertz CT molecular complexity index is 490. The lowest BCUT2D eigenvalue weighted by molar-refractivity contribution is 0.553. The Hall–Kier alpha value is -1.35. The van der Waals surface area contributed by atoms with Gasteiger partial charge >= 0.3 is 0 Å². The van der Waals surface area contributed by atoms with Gasteiger partial charge in [0.2, 0.25) is 0 Å². The van der Waals surface area contributed by atoms with Crippen molar-refractivity contribution in [3.05, 3.63) is 35.3 Å². The molecule has 0 unspecified atom stereocenters. The predicted octanol–water partition coefficient (Wildman–Crippen LogP) is 3.03. The van der Waals surface area contributed by atoms with E-state index in [0.717, 1.165) is 30.5 Å². The summed E-state index contributed by atoms with van der Waals surface area (Å²) in [6.07, 6.45) is 2.52. The molecular formula is C13H16FNO. The van der Waals surface area contributed by atoms with E-state index < -0.39 is 0 Å². The van der Waals surface area contributed by atoms with Gasteiger partial charge in [-0.15, -0.1) is 0 Å². The Morgan fingerprint density at radius 1 is 1.38 bits per heavy atom. The molecule has 1 aromatic heterocycles. The molecule has 0 fully saturated rings. The van der Waals surface area contributed by atoms with Crippen molar-refractivity contribution in [2.24, 2.45) is 0 Å². The predicted molar refractivity (Wildman–Crippen MR) is 63.2 cm³/mol. The minimum atomic E-state index is -0.243. The summed E-state index contributed by atoms with van der Waals surface area (Å²) in [6.45, 7) is 5.65. The molecule has 0 atom stereocenters. The molecule has 2 rings (SSSR count). The zero-order valence-electron chi connectivity index (χ0n) is 9.64. The van der Waals surface area contributed by atoms with Crippen LogP contribution in [0.15, 0.2) is 22.8 Å². The molecule has 0 bridgehead atoms. The summed E-state index contributed by atoms with van der Waals surface area (Å²) in [5.41, 5.74) is 2.07. The van der Waals surface area contributed by atoms with Crippen LogP contribution in [0.4, 0.5) is 4.39 Å². The molecule has 3 heteroatoms. The highest BCUT2D eigenvalue weighted by Crippen LogP contribution is 2.25. The van der Waals surface area contributed by atoms with Crippen LogP contribution in [0.2, 0.25) is 0 Å². The summed E-state index contributed by atoms with van der Waals surface area (Å²) in [7, 11) is 0. The number of benzene rings is 1. The van der Waals surface area contributed by atoms with Gasteiger partial charge in [-0.1, -0.05) is 19.1 Å². The minimum Gasteiger partial charge on any atom is -0.461 e. The van der Waals surface area contributed by atoms with Crippen molar-refractivity contribution >= 4 is 11.0 Å². The van der Waals surface area contributed by atoms with E-state index in [0.29, 0.717) is 11.1 Å². The summed E-state index contributed by atoms with van der Waals surface area (Å²) in [5.74, 6) is -0.243. The van der Waals surface area contributed by atoms with E-state index in [2.05, 4.69) is 12.2 Å². The summed E-state index contributed by atoms with van der Waals surface area (Å²) in [4.78, 5) is 0. The van der Waals surface area contributed by atoms with E-state index in [1.807, 2.05) is 6.07 Å². The highest BCUT2D eigenvalue weighted by Gasteiger charge is 2.11. The van der Waals surface area contributed by atoms with E-state index in [4.69, 9.17) is 4.42 Å². The van der Waals surface area contributed by atoms with Crippen LogP contribution in [0, 0.1) is 12.7 Å². The maximum atomic E-state index is 13.7. The first-order chi connectivity index (χ1) is 7.74. The highest BCUT2D eigenvalue weighted by molar-refractivity contribution is 5.82. The van der Waals surface area contributed by atoms with Gasteiger partial charge in [0.25, 0.3) is 0 Å². The molecule has 86 valence electrons. The van der Waals surface area contributed by atoms with Crippen LogP contribution >= 0.6 is 0 Å². The summed E-state index contributed by atoms with van der Waals surface area (Å²) in [6, 6.07) is 3.72. The first-order valence-electron chi connectivity index (χ1n) is 5.60. The van der Waals surface area contributed by atoms with E-state index in [-0.39, 0.29) is 5.82 Å². The quantitative estimate of drug-likeness (QED) is 0.803. The zero-order valence-corrected chi connectivity index (χ0v) is 9.64. The largest absolute Gasteiger partial charge is 0.461 e. The van der Waals surface area contributed by atoms with Crippen LogP contribution in [0.5, 0.6) is 0 Å². The van der Waals surface area contributed by atoms with Crippen LogP contribution in [-0.2, 0) is 6.42 Å². The number of furan rings is 1. The van der Waals surface area contributed by atoms with Crippen molar-refractivity contribution in [1.82, 2.24) is 5.32 Å². The molecule has 0 aliphatic carbocycles. The number of likely N-dealkylation sites (N-methyl/N-ethyl adjacent to an activating group) is 1. The first kappa shape index (κ1) is 11.1. The Balaban J connectivity index is 2.31. The lowest BCUT2D eigenvalue weighted by Crippen LogP contribution is -2.15. The third kappa shape index (κ3) is 1.95. The molecule has 0 amide bonds. The average Bonchev–Trinajstić information content (AvgIpc) is 2.68. The highest BCUT2D eigenvalue weighted by atomic mass is 19.1. The molecule has 1 heterocycles. The molecule has 0 spiro atoms. The van der Waals surface area contributed by atoms with Crippen molar-refractivity contribution < 1.29 is 8.81 Å². The van der Waals surface area contributed by atoms with E-state index >= 15 is 0 Å². The van der Waals surface area contributed by atoms with Gasteiger partial charge < -0.3 is 9.73 Å². The van der Waals surface area contributed by atoms with E-state index in [9.17, 15) is 4.39 Å². The standard InChI is InChI=1S/C13H16FNO/c1-3-15-7-6-10-8-16-13-11(10)5-4-9(2)12(13)14/h4-5,8,15H,3,6-7H2,1-2H3. The molecule has 0 saturated carbocycles. The van der Waals surface area contributed by atoms with E-state index in [1.165, 1.54) is 0 Å². The molecule has 0 aliphatic rings. The number of aryl methyl sites for hydroxylation is 1. The Labute approximate surface area is 94.4 Å². The van der Waals surface area contributed by atoms with Crippen molar-refractivity contribution in [2.75, 3.05) is 13.1 Å².